The summed E-state index contributed by atoms with van der Waals surface area (Å²) < 4.78 is 0. The summed E-state index contributed by atoms with van der Waals surface area (Å²) in [5, 5.41) is 12.5. The monoisotopic (exact) mass is 314 g/mol. The Morgan fingerprint density at radius 2 is 2.05 bits per heavy atom. The van der Waals surface area contributed by atoms with Crippen LogP contribution in [0.15, 0.2) is 0 Å². The van der Waals surface area contributed by atoms with E-state index in [1.807, 2.05) is 6.92 Å². The van der Waals surface area contributed by atoms with Crippen LogP contribution in [0.4, 0.5) is 11.6 Å². The number of carbonyl (C=O) groups is 1. The highest BCUT2D eigenvalue weighted by atomic mass is 35.5. The van der Waals surface area contributed by atoms with E-state index in [1.165, 1.54) is 0 Å². The Labute approximate surface area is 127 Å². The number of nitrogens with one attached hydrogen (secondary N) is 3. The maximum atomic E-state index is 12.0. The van der Waals surface area contributed by atoms with Crippen molar-refractivity contribution in [1.29, 1.82) is 5.41 Å². The average Bonchev–Trinajstić information content (AvgIpc) is 2.39. The lowest BCUT2D eigenvalue weighted by Gasteiger charge is -2.18. The molecule has 0 aliphatic heterocycles. The minimum Gasteiger partial charge on any atom is -0.382 e. The summed E-state index contributed by atoms with van der Waals surface area (Å²) in [7, 11) is 0. The fourth-order valence-corrected chi connectivity index (χ4v) is 1.83. The molecule has 9 N–H and O–H groups in total. The van der Waals surface area contributed by atoms with Crippen LogP contribution in [0.2, 0.25) is 5.15 Å². The van der Waals surface area contributed by atoms with Gasteiger partial charge in [0.15, 0.2) is 28.4 Å². The Morgan fingerprint density at radius 3 is 2.62 bits per heavy atom. The number of nitrogen functional groups attached to an aromatic ring is 2. The fourth-order valence-electron chi connectivity index (χ4n) is 1.70. The van der Waals surface area contributed by atoms with E-state index in [1.54, 1.807) is 0 Å². The highest BCUT2D eigenvalue weighted by Crippen LogP contribution is 2.17. The Morgan fingerprint density at radius 1 is 1.38 bits per heavy atom. The van der Waals surface area contributed by atoms with Crippen molar-refractivity contribution in [2.75, 3.05) is 18.0 Å². The quantitative estimate of drug-likeness (QED) is 0.308. The predicted octanol–water partition coefficient (Wildman–Crippen LogP) is -0.324. The van der Waals surface area contributed by atoms with Gasteiger partial charge < -0.3 is 27.8 Å². The molecule has 10 heteroatoms. The number of hydrogen-bond acceptors (Lipinski definition) is 6. The molecule has 1 rings (SSSR count). The summed E-state index contributed by atoms with van der Waals surface area (Å²) in [6.07, 6.45) is 1.61. The standard InChI is InChI=1S/C11H19ClN8O/c1-2-3-5(18-11(15)16)4-17-10(21)6-8(13)20-9(14)7(12)19-6/h5H,2-4H2,1H3,(H,17,21)(H4,13,14,20)(H4,15,16,18)/t5-/m0/s1. The summed E-state index contributed by atoms with van der Waals surface area (Å²) in [5.41, 5.74) is 16.2. The minimum atomic E-state index is -0.520. The second-order valence-electron chi connectivity index (χ2n) is 4.39. The number of guanidine groups is 1. The number of aromatic nitrogens is 2. The highest BCUT2D eigenvalue weighted by Gasteiger charge is 2.17. The van der Waals surface area contributed by atoms with Gasteiger partial charge in [0, 0.05) is 12.6 Å². The molecule has 21 heavy (non-hydrogen) atoms. The Bertz CT molecular complexity index is 535. The van der Waals surface area contributed by atoms with E-state index in [0.29, 0.717) is 0 Å². The first-order valence-corrected chi connectivity index (χ1v) is 6.70. The van der Waals surface area contributed by atoms with Gasteiger partial charge in [0.2, 0.25) is 0 Å². The summed E-state index contributed by atoms with van der Waals surface area (Å²) in [6.45, 7) is 2.25. The summed E-state index contributed by atoms with van der Waals surface area (Å²) in [4.78, 5) is 19.6. The van der Waals surface area contributed by atoms with Gasteiger partial charge in [0.25, 0.3) is 5.91 Å². The lowest BCUT2D eigenvalue weighted by molar-refractivity contribution is 0.0945. The summed E-state index contributed by atoms with van der Waals surface area (Å²) in [6, 6.07) is -0.158. The molecule has 0 saturated carbocycles. The second-order valence-corrected chi connectivity index (χ2v) is 4.75. The number of amides is 1. The molecule has 0 radical (unpaired) electrons. The molecule has 116 valence electrons. The van der Waals surface area contributed by atoms with Crippen molar-refractivity contribution in [3.63, 3.8) is 0 Å². The van der Waals surface area contributed by atoms with E-state index in [9.17, 15) is 4.79 Å². The molecule has 1 amide bonds. The average molecular weight is 315 g/mol. The van der Waals surface area contributed by atoms with Gasteiger partial charge in [-0.15, -0.1) is 0 Å². The Balaban J connectivity index is 2.72. The van der Waals surface area contributed by atoms with Gasteiger partial charge in [-0.25, -0.2) is 9.97 Å². The van der Waals surface area contributed by atoms with Crippen LogP contribution in [-0.4, -0.2) is 34.4 Å². The molecule has 0 aliphatic rings. The molecule has 0 fully saturated rings. The van der Waals surface area contributed by atoms with Gasteiger partial charge in [0.05, 0.1) is 0 Å². The molecule has 0 spiro atoms. The molecule has 1 heterocycles. The van der Waals surface area contributed by atoms with Gasteiger partial charge in [-0.05, 0) is 6.42 Å². The third-order valence-electron chi connectivity index (χ3n) is 2.63. The van der Waals surface area contributed by atoms with Crippen molar-refractivity contribution in [3.8, 4) is 0 Å². The van der Waals surface area contributed by atoms with E-state index >= 15 is 0 Å². The summed E-state index contributed by atoms with van der Waals surface area (Å²) in [5.74, 6) is -0.806. The normalized spacial score (nSPS) is 11.7. The van der Waals surface area contributed by atoms with E-state index in [-0.39, 0.29) is 41.0 Å². The first-order chi connectivity index (χ1) is 9.85. The van der Waals surface area contributed by atoms with Crippen LogP contribution >= 0.6 is 11.6 Å². The number of hydrogen-bond donors (Lipinski definition) is 6. The van der Waals surface area contributed by atoms with Gasteiger partial charge >= 0.3 is 0 Å². The predicted molar refractivity (Wildman–Crippen MR) is 81.9 cm³/mol. The van der Waals surface area contributed by atoms with Crippen LogP contribution in [0, 0.1) is 5.41 Å². The lowest BCUT2D eigenvalue weighted by Crippen LogP contribution is -2.46. The smallest absolute Gasteiger partial charge is 0.273 e. The zero-order valence-corrected chi connectivity index (χ0v) is 12.4. The van der Waals surface area contributed by atoms with E-state index in [2.05, 4.69) is 20.6 Å². The molecular formula is C11H19ClN8O. The first-order valence-electron chi connectivity index (χ1n) is 6.32. The molecule has 1 aromatic rings. The van der Waals surface area contributed by atoms with Gasteiger partial charge in [-0.3, -0.25) is 10.2 Å². The van der Waals surface area contributed by atoms with Crippen molar-refractivity contribution in [1.82, 2.24) is 20.6 Å². The third kappa shape index (κ3) is 4.95. The van der Waals surface area contributed by atoms with Gasteiger partial charge in [-0.1, -0.05) is 24.9 Å². The molecule has 0 bridgehead atoms. The number of carbonyl (C=O) groups excluding carboxylic acids is 1. The van der Waals surface area contributed by atoms with Crippen LogP contribution in [0.1, 0.15) is 30.3 Å². The van der Waals surface area contributed by atoms with Crippen molar-refractivity contribution in [3.05, 3.63) is 10.8 Å². The highest BCUT2D eigenvalue weighted by molar-refractivity contribution is 6.31. The van der Waals surface area contributed by atoms with E-state index in [4.69, 9.17) is 34.2 Å². The topological polar surface area (TPSA) is 169 Å². The zero-order valence-electron chi connectivity index (χ0n) is 11.6. The minimum absolute atomic E-state index is 0.0344. The van der Waals surface area contributed by atoms with Crippen LogP contribution < -0.4 is 27.8 Å². The van der Waals surface area contributed by atoms with Gasteiger partial charge in [-0.2, -0.15) is 0 Å². The van der Waals surface area contributed by atoms with Crippen molar-refractivity contribution in [2.24, 2.45) is 5.73 Å². The zero-order chi connectivity index (χ0) is 16.0. The Hall–Kier alpha value is -2.29. The molecule has 9 nitrogen and oxygen atoms in total. The summed E-state index contributed by atoms with van der Waals surface area (Å²) >= 11 is 5.72. The fraction of sp³-hybridized carbons (Fsp3) is 0.455. The Kier molecular flexibility index (Phi) is 5.97. The largest absolute Gasteiger partial charge is 0.382 e. The van der Waals surface area contributed by atoms with Crippen LogP contribution in [0.25, 0.3) is 0 Å². The van der Waals surface area contributed by atoms with Crippen LogP contribution in [0.3, 0.4) is 0 Å². The number of anilines is 2. The third-order valence-corrected chi connectivity index (χ3v) is 2.90. The first kappa shape index (κ1) is 16.8. The number of halogens is 1. The van der Waals surface area contributed by atoms with Crippen molar-refractivity contribution in [2.45, 2.75) is 25.8 Å². The molecule has 0 aliphatic carbocycles. The molecule has 0 aromatic carbocycles. The van der Waals surface area contributed by atoms with Crippen LogP contribution in [0.5, 0.6) is 0 Å². The molecular weight excluding hydrogens is 296 g/mol. The molecule has 1 atom stereocenters. The maximum Gasteiger partial charge on any atom is 0.273 e. The van der Waals surface area contributed by atoms with Crippen molar-refractivity contribution >= 4 is 35.1 Å². The second kappa shape index (κ2) is 7.48. The van der Waals surface area contributed by atoms with Crippen molar-refractivity contribution < 1.29 is 4.79 Å². The maximum absolute atomic E-state index is 12.0. The lowest BCUT2D eigenvalue weighted by atomic mass is 10.1. The van der Waals surface area contributed by atoms with E-state index < -0.39 is 5.91 Å². The molecule has 1 aromatic heterocycles. The number of nitrogens with zero attached hydrogens (tertiary/aromatic N) is 2. The van der Waals surface area contributed by atoms with Gasteiger partial charge in [0.1, 0.15) is 0 Å². The van der Waals surface area contributed by atoms with Crippen LogP contribution in [-0.2, 0) is 0 Å². The van der Waals surface area contributed by atoms with E-state index in [0.717, 1.165) is 12.8 Å². The number of nitrogens with two attached hydrogens (primary N) is 3. The molecule has 0 unspecified atom stereocenters. The SMILES string of the molecule is CCC[C@@H](CNC(=O)c1nc(Cl)c(N)nc1N)NC(=N)N. The number of rotatable bonds is 6. The molecule has 0 saturated heterocycles.